The highest BCUT2D eigenvalue weighted by Gasteiger charge is 2.30. The van der Waals surface area contributed by atoms with E-state index in [2.05, 4.69) is 17.4 Å². The van der Waals surface area contributed by atoms with Gasteiger partial charge in [-0.15, -0.1) is 0 Å². The molecule has 1 aliphatic heterocycles. The number of esters is 1. The summed E-state index contributed by atoms with van der Waals surface area (Å²) in [4.78, 5) is 26.2. The number of benzene rings is 2. The number of urea groups is 1. The summed E-state index contributed by atoms with van der Waals surface area (Å²) in [5.74, 6) is -0.489. The van der Waals surface area contributed by atoms with Crippen LogP contribution in [0.3, 0.4) is 0 Å². The van der Waals surface area contributed by atoms with Crippen LogP contribution in [0, 0.1) is 20.8 Å². The van der Waals surface area contributed by atoms with E-state index in [9.17, 15) is 18.0 Å². The van der Waals surface area contributed by atoms with E-state index >= 15 is 0 Å². The number of sulfonamides is 1. The normalized spacial score (nSPS) is 14.7. The lowest BCUT2D eigenvalue weighted by atomic mass is 10.00. The fourth-order valence-electron chi connectivity index (χ4n) is 4.02. The number of nitrogens with zero attached hydrogens (tertiary/aromatic N) is 2. The molecule has 33 heavy (non-hydrogen) atoms. The first kappa shape index (κ1) is 24.7. The predicted octanol–water partition coefficient (Wildman–Crippen LogP) is 3.00. The topological polar surface area (TPSA) is 96.0 Å². The number of rotatable bonds is 6. The Labute approximate surface area is 195 Å². The van der Waals surface area contributed by atoms with Crippen LogP contribution in [-0.4, -0.2) is 62.4 Å². The largest absolute Gasteiger partial charge is 0.462 e. The summed E-state index contributed by atoms with van der Waals surface area (Å²) in [7, 11) is -3.71. The second-order valence-electron chi connectivity index (χ2n) is 8.17. The number of carbonyl (C=O) groups excluding carboxylic acids is 2. The van der Waals surface area contributed by atoms with Crippen molar-refractivity contribution in [2.24, 2.45) is 0 Å². The van der Waals surface area contributed by atoms with Crippen molar-refractivity contribution in [1.29, 1.82) is 0 Å². The molecule has 0 bridgehead atoms. The summed E-state index contributed by atoms with van der Waals surface area (Å²) in [6.45, 7) is 9.52. The van der Waals surface area contributed by atoms with Gasteiger partial charge in [-0.05, 0) is 68.7 Å². The Hall–Kier alpha value is -2.91. The Balaban J connectivity index is 1.57. The zero-order valence-electron chi connectivity index (χ0n) is 19.6. The molecule has 0 saturated carbocycles. The Kier molecular flexibility index (Phi) is 7.76. The SMILES string of the molecule is CCOC(=O)c1ccc(S(=O)(=O)N2CCN(C(=O)NCc3c(C)cc(C)cc3C)CC2)cc1. The molecule has 1 fully saturated rings. The fourth-order valence-corrected chi connectivity index (χ4v) is 5.44. The first-order valence-corrected chi connectivity index (χ1v) is 12.4. The molecule has 1 aliphatic rings. The highest BCUT2D eigenvalue weighted by molar-refractivity contribution is 7.89. The molecule has 1 heterocycles. The fraction of sp³-hybridized carbons (Fsp3) is 0.417. The maximum absolute atomic E-state index is 13.0. The van der Waals surface area contributed by atoms with Crippen LogP contribution in [0.5, 0.6) is 0 Å². The van der Waals surface area contributed by atoms with Crippen molar-refractivity contribution in [3.05, 3.63) is 64.2 Å². The molecule has 9 heteroatoms. The van der Waals surface area contributed by atoms with E-state index in [1.54, 1.807) is 11.8 Å². The molecule has 1 N–H and O–H groups in total. The minimum atomic E-state index is -3.71. The van der Waals surface area contributed by atoms with Gasteiger partial charge in [0.05, 0.1) is 17.1 Å². The summed E-state index contributed by atoms with van der Waals surface area (Å²) in [6.07, 6.45) is 0. The minimum absolute atomic E-state index is 0.110. The molecule has 0 aromatic heterocycles. The predicted molar refractivity (Wildman–Crippen MR) is 126 cm³/mol. The molecule has 2 aromatic carbocycles. The lowest BCUT2D eigenvalue weighted by Gasteiger charge is -2.34. The van der Waals surface area contributed by atoms with Gasteiger partial charge < -0.3 is 15.0 Å². The number of nitrogens with one attached hydrogen (secondary N) is 1. The Morgan fingerprint density at radius 1 is 0.970 bits per heavy atom. The number of hydrogen-bond donors (Lipinski definition) is 1. The van der Waals surface area contributed by atoms with Gasteiger partial charge in [0.25, 0.3) is 0 Å². The van der Waals surface area contributed by atoms with Crippen LogP contribution in [0.2, 0.25) is 0 Å². The molecular formula is C24H31N3O5S. The van der Waals surface area contributed by atoms with Crippen LogP contribution in [0.4, 0.5) is 4.79 Å². The van der Waals surface area contributed by atoms with Crippen molar-refractivity contribution in [2.75, 3.05) is 32.8 Å². The van der Waals surface area contributed by atoms with E-state index in [-0.39, 0.29) is 30.6 Å². The number of hydrogen-bond acceptors (Lipinski definition) is 5. The monoisotopic (exact) mass is 473 g/mol. The number of ether oxygens (including phenoxy) is 1. The van der Waals surface area contributed by atoms with Gasteiger partial charge in [-0.25, -0.2) is 18.0 Å². The van der Waals surface area contributed by atoms with Gasteiger partial charge in [0.15, 0.2) is 0 Å². The number of amides is 2. The molecule has 8 nitrogen and oxygen atoms in total. The van der Waals surface area contributed by atoms with Crippen LogP contribution in [0.25, 0.3) is 0 Å². The number of piperazine rings is 1. The van der Waals surface area contributed by atoms with Crippen LogP contribution >= 0.6 is 0 Å². The van der Waals surface area contributed by atoms with Crippen LogP contribution in [0.1, 0.15) is 39.5 Å². The highest BCUT2D eigenvalue weighted by Crippen LogP contribution is 2.19. The second kappa shape index (κ2) is 10.4. The van der Waals surface area contributed by atoms with E-state index in [1.165, 1.54) is 34.1 Å². The van der Waals surface area contributed by atoms with Crippen molar-refractivity contribution in [1.82, 2.24) is 14.5 Å². The van der Waals surface area contributed by atoms with Gasteiger partial charge in [0.2, 0.25) is 10.0 Å². The van der Waals surface area contributed by atoms with Crippen molar-refractivity contribution in [3.8, 4) is 0 Å². The third-order valence-electron chi connectivity index (χ3n) is 5.79. The molecule has 0 unspecified atom stereocenters. The quantitative estimate of drug-likeness (QED) is 0.651. The molecule has 0 aliphatic carbocycles. The molecule has 2 aromatic rings. The first-order chi connectivity index (χ1) is 15.6. The van der Waals surface area contributed by atoms with Gasteiger partial charge in [-0.1, -0.05) is 17.7 Å². The average molecular weight is 474 g/mol. The van der Waals surface area contributed by atoms with Crippen molar-refractivity contribution >= 4 is 22.0 Å². The van der Waals surface area contributed by atoms with E-state index < -0.39 is 16.0 Å². The zero-order valence-corrected chi connectivity index (χ0v) is 20.4. The molecular weight excluding hydrogens is 442 g/mol. The molecule has 2 amide bonds. The Morgan fingerprint density at radius 2 is 1.55 bits per heavy atom. The zero-order chi connectivity index (χ0) is 24.2. The van der Waals surface area contributed by atoms with E-state index in [0.717, 1.165) is 16.7 Å². The lowest BCUT2D eigenvalue weighted by molar-refractivity contribution is 0.0526. The summed E-state index contributed by atoms with van der Waals surface area (Å²) in [5, 5.41) is 2.96. The average Bonchev–Trinajstić information content (AvgIpc) is 2.78. The highest BCUT2D eigenvalue weighted by atomic mass is 32.2. The van der Waals surface area contributed by atoms with Gasteiger partial charge >= 0.3 is 12.0 Å². The lowest BCUT2D eigenvalue weighted by Crippen LogP contribution is -2.53. The first-order valence-electron chi connectivity index (χ1n) is 11.0. The minimum Gasteiger partial charge on any atom is -0.462 e. The molecule has 0 spiro atoms. The molecule has 178 valence electrons. The maximum atomic E-state index is 13.0. The summed E-state index contributed by atoms with van der Waals surface area (Å²) >= 11 is 0. The number of carbonyl (C=O) groups is 2. The van der Waals surface area contributed by atoms with Gasteiger partial charge in [-0.3, -0.25) is 0 Å². The third-order valence-corrected chi connectivity index (χ3v) is 7.70. The van der Waals surface area contributed by atoms with Crippen LogP contribution < -0.4 is 5.32 Å². The van der Waals surface area contributed by atoms with Gasteiger partial charge in [0.1, 0.15) is 0 Å². The third kappa shape index (κ3) is 5.72. The van der Waals surface area contributed by atoms with E-state index in [0.29, 0.717) is 25.2 Å². The smallest absolute Gasteiger partial charge is 0.338 e. The van der Waals surface area contributed by atoms with Crippen LogP contribution in [-0.2, 0) is 21.3 Å². The van der Waals surface area contributed by atoms with E-state index in [4.69, 9.17) is 4.74 Å². The maximum Gasteiger partial charge on any atom is 0.338 e. The Morgan fingerprint density at radius 3 is 2.09 bits per heavy atom. The molecule has 0 radical (unpaired) electrons. The molecule has 1 saturated heterocycles. The van der Waals surface area contributed by atoms with Crippen molar-refractivity contribution in [3.63, 3.8) is 0 Å². The number of aryl methyl sites for hydroxylation is 3. The summed E-state index contributed by atoms with van der Waals surface area (Å²) in [6, 6.07) is 9.70. The summed E-state index contributed by atoms with van der Waals surface area (Å²) in [5.41, 5.74) is 4.86. The van der Waals surface area contributed by atoms with Gasteiger partial charge in [0, 0.05) is 32.7 Å². The van der Waals surface area contributed by atoms with E-state index in [1.807, 2.05) is 20.8 Å². The second-order valence-corrected chi connectivity index (χ2v) is 10.1. The van der Waals surface area contributed by atoms with Crippen LogP contribution in [0.15, 0.2) is 41.3 Å². The van der Waals surface area contributed by atoms with Gasteiger partial charge in [-0.2, -0.15) is 4.31 Å². The summed E-state index contributed by atoms with van der Waals surface area (Å²) < 4.78 is 32.2. The van der Waals surface area contributed by atoms with Crippen molar-refractivity contribution < 1.29 is 22.7 Å². The van der Waals surface area contributed by atoms with Crippen molar-refractivity contribution in [2.45, 2.75) is 39.1 Å². The standard InChI is InChI=1S/C24H31N3O5S/c1-5-32-23(28)20-6-8-21(9-7-20)33(30,31)27-12-10-26(11-13-27)24(29)25-16-22-18(3)14-17(2)15-19(22)4/h6-9,14-15H,5,10-13,16H2,1-4H3,(H,25,29). The Bertz CT molecular complexity index is 1100. The molecule has 0 atom stereocenters. The molecule has 3 rings (SSSR count).